The number of amides is 1. The molecule has 0 aliphatic rings. The molecule has 110 valence electrons. The van der Waals surface area contributed by atoms with Gasteiger partial charge in [-0.05, 0) is 19.1 Å². The molecule has 0 N–H and O–H groups in total. The fourth-order valence-corrected chi connectivity index (χ4v) is 2.21. The van der Waals surface area contributed by atoms with E-state index >= 15 is 0 Å². The molecule has 0 aromatic heterocycles. The summed E-state index contributed by atoms with van der Waals surface area (Å²) >= 11 is 11.9. The van der Waals surface area contributed by atoms with Gasteiger partial charge >= 0.3 is 5.97 Å². The second-order valence-corrected chi connectivity index (χ2v) is 4.75. The Morgan fingerprint density at radius 1 is 1.25 bits per heavy atom. The summed E-state index contributed by atoms with van der Waals surface area (Å²) in [4.78, 5) is 24.7. The number of hydrogen-bond donors (Lipinski definition) is 0. The summed E-state index contributed by atoms with van der Waals surface area (Å²) < 4.78 is 9.78. The molecule has 1 aromatic carbocycles. The summed E-state index contributed by atoms with van der Waals surface area (Å²) in [6.07, 6.45) is 0. The lowest BCUT2D eigenvalue weighted by Gasteiger charge is -2.17. The van der Waals surface area contributed by atoms with Gasteiger partial charge in [-0.2, -0.15) is 0 Å². The maximum Gasteiger partial charge on any atom is 0.325 e. The Kier molecular flexibility index (Phi) is 6.10. The Labute approximate surface area is 127 Å². The average molecular weight is 320 g/mol. The molecule has 1 amide bonds. The fourth-order valence-electron chi connectivity index (χ4n) is 1.57. The predicted molar refractivity (Wildman–Crippen MR) is 76.6 cm³/mol. The van der Waals surface area contributed by atoms with Crippen LogP contribution in [0, 0.1) is 0 Å². The summed E-state index contributed by atoms with van der Waals surface area (Å²) in [6.45, 7) is 1.82. The number of likely N-dealkylation sites (N-methyl/N-ethyl adjacent to an activating group) is 1. The van der Waals surface area contributed by atoms with Crippen molar-refractivity contribution >= 4 is 35.1 Å². The quantitative estimate of drug-likeness (QED) is 0.783. The van der Waals surface area contributed by atoms with Crippen molar-refractivity contribution in [1.29, 1.82) is 0 Å². The zero-order valence-electron chi connectivity index (χ0n) is 11.4. The third-order valence-corrected chi connectivity index (χ3v) is 3.03. The van der Waals surface area contributed by atoms with Crippen molar-refractivity contribution in [1.82, 2.24) is 4.90 Å². The van der Waals surface area contributed by atoms with Gasteiger partial charge in [0.05, 0.1) is 23.8 Å². The molecule has 0 heterocycles. The molecule has 0 bridgehead atoms. The van der Waals surface area contributed by atoms with Crippen molar-refractivity contribution in [3.63, 3.8) is 0 Å². The maximum absolute atomic E-state index is 12.1. The summed E-state index contributed by atoms with van der Waals surface area (Å²) in [6, 6.07) is 2.88. The Hall–Kier alpha value is -1.46. The minimum absolute atomic E-state index is 0.145. The standard InChI is InChI=1S/C13H15Cl2NO4/c1-4-20-11(17)7-16(2)13(18)8-5-9(14)12(19-3)10(15)6-8/h5-6H,4,7H2,1-3H3. The molecular formula is C13H15Cl2NO4. The molecular weight excluding hydrogens is 305 g/mol. The minimum Gasteiger partial charge on any atom is -0.494 e. The number of nitrogens with zero attached hydrogens (tertiary/aromatic N) is 1. The van der Waals surface area contributed by atoms with Crippen LogP contribution in [0.4, 0.5) is 0 Å². The first kappa shape index (κ1) is 16.6. The third-order valence-electron chi connectivity index (χ3n) is 2.47. The lowest BCUT2D eigenvalue weighted by Crippen LogP contribution is -2.33. The largest absolute Gasteiger partial charge is 0.494 e. The number of benzene rings is 1. The van der Waals surface area contributed by atoms with E-state index in [1.165, 1.54) is 31.2 Å². The van der Waals surface area contributed by atoms with Crippen LogP contribution < -0.4 is 4.74 Å². The lowest BCUT2D eigenvalue weighted by atomic mass is 10.2. The molecule has 1 rings (SSSR count). The molecule has 7 heteroatoms. The molecule has 0 radical (unpaired) electrons. The van der Waals surface area contributed by atoms with Gasteiger partial charge < -0.3 is 14.4 Å². The van der Waals surface area contributed by atoms with E-state index in [2.05, 4.69) is 0 Å². The highest BCUT2D eigenvalue weighted by atomic mass is 35.5. The lowest BCUT2D eigenvalue weighted by molar-refractivity contribution is -0.143. The third kappa shape index (κ3) is 4.02. The second kappa shape index (κ2) is 7.36. The smallest absolute Gasteiger partial charge is 0.325 e. The predicted octanol–water partition coefficient (Wildman–Crippen LogP) is 2.64. The first-order valence-corrected chi connectivity index (χ1v) is 6.60. The van der Waals surface area contributed by atoms with Crippen molar-refractivity contribution < 1.29 is 19.1 Å². The maximum atomic E-state index is 12.1. The van der Waals surface area contributed by atoms with Crippen LogP contribution in [0.1, 0.15) is 17.3 Å². The topological polar surface area (TPSA) is 55.8 Å². The van der Waals surface area contributed by atoms with E-state index in [0.717, 1.165) is 0 Å². The van der Waals surface area contributed by atoms with E-state index in [0.29, 0.717) is 5.75 Å². The molecule has 20 heavy (non-hydrogen) atoms. The zero-order chi connectivity index (χ0) is 15.3. The fraction of sp³-hybridized carbons (Fsp3) is 0.385. The number of carbonyl (C=O) groups is 2. The zero-order valence-corrected chi connectivity index (χ0v) is 12.9. The first-order chi connectivity index (χ1) is 9.40. The number of esters is 1. The Balaban J connectivity index is 2.89. The first-order valence-electron chi connectivity index (χ1n) is 5.84. The number of halogens is 2. The Morgan fingerprint density at radius 3 is 2.25 bits per heavy atom. The van der Waals surface area contributed by atoms with Gasteiger partial charge in [-0.3, -0.25) is 9.59 Å². The van der Waals surface area contributed by atoms with Crippen LogP contribution in [0.5, 0.6) is 5.75 Å². The van der Waals surface area contributed by atoms with Gasteiger partial charge in [0, 0.05) is 12.6 Å². The van der Waals surface area contributed by atoms with E-state index in [-0.39, 0.29) is 34.7 Å². The molecule has 1 aromatic rings. The SMILES string of the molecule is CCOC(=O)CN(C)C(=O)c1cc(Cl)c(OC)c(Cl)c1. The summed E-state index contributed by atoms with van der Waals surface area (Å²) in [5.41, 5.74) is 0.271. The highest BCUT2D eigenvalue weighted by Gasteiger charge is 2.18. The molecule has 0 aliphatic carbocycles. The second-order valence-electron chi connectivity index (χ2n) is 3.94. The molecule has 0 saturated carbocycles. The molecule has 0 saturated heterocycles. The molecule has 5 nitrogen and oxygen atoms in total. The van der Waals surface area contributed by atoms with Gasteiger partial charge in [0.25, 0.3) is 5.91 Å². The molecule has 0 fully saturated rings. The van der Waals surface area contributed by atoms with Crippen LogP contribution in [0.2, 0.25) is 10.0 Å². The van der Waals surface area contributed by atoms with Crippen molar-refractivity contribution in [3.8, 4) is 5.75 Å². The van der Waals surface area contributed by atoms with E-state index in [9.17, 15) is 9.59 Å². The van der Waals surface area contributed by atoms with E-state index in [1.54, 1.807) is 6.92 Å². The van der Waals surface area contributed by atoms with Gasteiger partial charge in [0.1, 0.15) is 6.54 Å². The molecule has 0 unspecified atom stereocenters. The van der Waals surface area contributed by atoms with Gasteiger partial charge in [0.15, 0.2) is 5.75 Å². The van der Waals surface area contributed by atoms with E-state index in [1.807, 2.05) is 0 Å². The highest BCUT2D eigenvalue weighted by Crippen LogP contribution is 2.34. The van der Waals surface area contributed by atoms with Crippen LogP contribution in [0.3, 0.4) is 0 Å². The summed E-state index contributed by atoms with van der Waals surface area (Å²) in [5, 5.41) is 0.459. The van der Waals surface area contributed by atoms with E-state index in [4.69, 9.17) is 32.7 Å². The number of rotatable bonds is 5. The van der Waals surface area contributed by atoms with Gasteiger partial charge in [-0.15, -0.1) is 0 Å². The number of carbonyl (C=O) groups excluding carboxylic acids is 2. The van der Waals surface area contributed by atoms with Crippen LogP contribution >= 0.6 is 23.2 Å². The minimum atomic E-state index is -0.478. The van der Waals surface area contributed by atoms with Gasteiger partial charge in [-0.25, -0.2) is 0 Å². The summed E-state index contributed by atoms with van der Waals surface area (Å²) in [7, 11) is 2.92. The monoisotopic (exact) mass is 319 g/mol. The Bertz CT molecular complexity index is 496. The van der Waals surface area contributed by atoms with Crippen LogP contribution in [0.25, 0.3) is 0 Å². The van der Waals surface area contributed by atoms with Crippen LogP contribution in [-0.4, -0.2) is 44.1 Å². The van der Waals surface area contributed by atoms with Gasteiger partial charge in [-0.1, -0.05) is 23.2 Å². The van der Waals surface area contributed by atoms with Crippen molar-refractivity contribution in [2.24, 2.45) is 0 Å². The summed E-state index contributed by atoms with van der Waals surface area (Å²) in [5.74, 6) is -0.559. The number of hydrogen-bond acceptors (Lipinski definition) is 4. The van der Waals surface area contributed by atoms with Crippen LogP contribution in [-0.2, 0) is 9.53 Å². The highest BCUT2D eigenvalue weighted by molar-refractivity contribution is 6.37. The Morgan fingerprint density at radius 2 is 1.80 bits per heavy atom. The van der Waals surface area contributed by atoms with Crippen molar-refractivity contribution in [2.75, 3.05) is 27.3 Å². The van der Waals surface area contributed by atoms with Crippen LogP contribution in [0.15, 0.2) is 12.1 Å². The van der Waals surface area contributed by atoms with Gasteiger partial charge in [0.2, 0.25) is 0 Å². The number of methoxy groups -OCH3 is 1. The van der Waals surface area contributed by atoms with Crippen molar-refractivity contribution in [2.45, 2.75) is 6.92 Å². The van der Waals surface area contributed by atoms with E-state index < -0.39 is 5.97 Å². The molecule has 0 atom stereocenters. The number of ether oxygens (including phenoxy) is 2. The average Bonchev–Trinajstić information content (AvgIpc) is 2.37. The molecule has 0 aliphatic heterocycles. The normalized spacial score (nSPS) is 10.1. The van der Waals surface area contributed by atoms with Crippen molar-refractivity contribution in [3.05, 3.63) is 27.7 Å². The molecule has 0 spiro atoms.